The normalized spacial score (nSPS) is 14.0. The lowest BCUT2D eigenvalue weighted by Gasteiger charge is -2.34. The Kier molecular flexibility index (Phi) is 13.4. The van der Waals surface area contributed by atoms with Gasteiger partial charge in [-0.3, -0.25) is 19.4 Å². The summed E-state index contributed by atoms with van der Waals surface area (Å²) in [5.41, 5.74) is 4.91. The Morgan fingerprint density at radius 1 is 1.00 bits per heavy atom. The van der Waals surface area contributed by atoms with Gasteiger partial charge in [-0.25, -0.2) is 13.8 Å². The SMILES string of the molecule is CCNCCNC(=O)CN(CC(=O)N(C)N1Cc2ccccc2C1)c1cc2c(cc1C)N(CC(F)F)C(=O)CC2.Cl.Cl. The number of benzene rings is 2. The second-order valence-electron chi connectivity index (χ2n) is 10.2. The number of nitrogens with zero attached hydrogens (tertiary/aromatic N) is 4. The van der Waals surface area contributed by atoms with Crippen LogP contribution in [0.5, 0.6) is 0 Å². The number of carbonyl (C=O) groups is 3. The molecule has 2 aromatic rings. The van der Waals surface area contributed by atoms with E-state index in [1.165, 1.54) is 11.1 Å². The van der Waals surface area contributed by atoms with Crippen LogP contribution in [0.1, 0.15) is 35.6 Å². The van der Waals surface area contributed by atoms with Crippen molar-refractivity contribution in [2.24, 2.45) is 0 Å². The Balaban J connectivity index is 0.00000308. The largest absolute Gasteiger partial charge is 0.353 e. The summed E-state index contributed by atoms with van der Waals surface area (Å²) in [7, 11) is 1.73. The fraction of sp³-hybridized carbons (Fsp3) is 0.483. The van der Waals surface area contributed by atoms with E-state index in [0.717, 1.165) is 17.0 Å². The number of amides is 3. The van der Waals surface area contributed by atoms with Crippen LogP contribution in [-0.4, -0.2) is 80.5 Å². The molecule has 2 N–H and O–H groups in total. The van der Waals surface area contributed by atoms with E-state index >= 15 is 0 Å². The average Bonchev–Trinajstić information content (AvgIpc) is 3.36. The molecule has 0 aliphatic carbocycles. The first-order chi connectivity index (χ1) is 19.2. The van der Waals surface area contributed by atoms with E-state index in [-0.39, 0.29) is 62.0 Å². The summed E-state index contributed by atoms with van der Waals surface area (Å²) in [5.74, 6) is -0.742. The van der Waals surface area contributed by atoms with Crippen LogP contribution in [0.2, 0.25) is 0 Å². The Morgan fingerprint density at radius 2 is 1.67 bits per heavy atom. The molecule has 0 atom stereocenters. The number of carbonyl (C=O) groups excluding carboxylic acids is 3. The van der Waals surface area contributed by atoms with Gasteiger partial charge in [0.25, 0.3) is 12.3 Å². The minimum atomic E-state index is -2.65. The van der Waals surface area contributed by atoms with Crippen LogP contribution in [0, 0.1) is 6.92 Å². The minimum Gasteiger partial charge on any atom is -0.353 e. The summed E-state index contributed by atoms with van der Waals surface area (Å²) in [6, 6.07) is 11.6. The fourth-order valence-electron chi connectivity index (χ4n) is 5.24. The third kappa shape index (κ3) is 8.53. The number of anilines is 2. The molecule has 13 heteroatoms. The van der Waals surface area contributed by atoms with E-state index in [9.17, 15) is 23.2 Å². The lowest BCUT2D eigenvalue weighted by Crippen LogP contribution is -2.48. The van der Waals surface area contributed by atoms with Crippen molar-refractivity contribution < 1.29 is 23.2 Å². The van der Waals surface area contributed by atoms with Crippen molar-refractivity contribution in [2.75, 3.05) is 56.1 Å². The van der Waals surface area contributed by atoms with E-state index < -0.39 is 13.0 Å². The molecule has 3 amide bonds. The Morgan fingerprint density at radius 3 is 2.29 bits per heavy atom. The average molecular weight is 630 g/mol. The van der Waals surface area contributed by atoms with Gasteiger partial charge in [0, 0.05) is 51.0 Å². The lowest BCUT2D eigenvalue weighted by atomic mass is 9.97. The Hall–Kier alpha value is -2.99. The van der Waals surface area contributed by atoms with Gasteiger partial charge in [-0.15, -0.1) is 24.8 Å². The van der Waals surface area contributed by atoms with Gasteiger partial charge in [0.05, 0.1) is 19.6 Å². The van der Waals surface area contributed by atoms with Gasteiger partial charge in [0.1, 0.15) is 0 Å². The summed E-state index contributed by atoms with van der Waals surface area (Å²) in [5, 5.41) is 9.62. The molecule has 0 saturated heterocycles. The summed E-state index contributed by atoms with van der Waals surface area (Å²) < 4.78 is 26.5. The second kappa shape index (κ2) is 16.0. The molecule has 9 nitrogen and oxygen atoms in total. The Bertz CT molecular complexity index is 1230. The summed E-state index contributed by atoms with van der Waals surface area (Å²) in [4.78, 5) is 41.7. The highest BCUT2D eigenvalue weighted by atomic mass is 35.5. The predicted octanol–water partition coefficient (Wildman–Crippen LogP) is 3.30. The molecule has 0 unspecified atom stereocenters. The first-order valence-corrected chi connectivity index (χ1v) is 13.7. The number of rotatable bonds is 12. The molecule has 232 valence electrons. The van der Waals surface area contributed by atoms with Crippen molar-refractivity contribution in [1.82, 2.24) is 20.7 Å². The first-order valence-electron chi connectivity index (χ1n) is 13.7. The van der Waals surface area contributed by atoms with Crippen molar-refractivity contribution in [3.05, 3.63) is 58.7 Å². The van der Waals surface area contributed by atoms with Crippen molar-refractivity contribution in [2.45, 2.75) is 46.2 Å². The maximum absolute atomic E-state index is 13.5. The topological polar surface area (TPSA) is 88.2 Å². The third-order valence-corrected chi connectivity index (χ3v) is 7.40. The molecule has 0 bridgehead atoms. The standard InChI is InChI=1S/C29H38F2N6O3.2ClH/c1-4-32-11-12-33-27(38)18-35(19-29(40)34(3)36-15-22-7-5-6-8-23(22)16-36)24-14-21-9-10-28(39)37(17-26(30)31)25(21)13-20(24)2;;/h5-8,13-14,26,32H,4,9-12,15-19H2,1-3H3,(H,33,38);2*1H. The predicted molar refractivity (Wildman–Crippen MR) is 165 cm³/mol. The molecule has 0 aromatic heterocycles. The maximum Gasteiger partial charge on any atom is 0.256 e. The number of hydrazine groups is 1. The number of hydrogen-bond donors (Lipinski definition) is 2. The zero-order valence-corrected chi connectivity index (χ0v) is 25.8. The molecule has 2 aromatic carbocycles. The van der Waals surface area contributed by atoms with Gasteiger partial charge in [0.15, 0.2) is 0 Å². The summed E-state index contributed by atoms with van der Waals surface area (Å²) in [6.07, 6.45) is -2.11. The molecule has 0 spiro atoms. The monoisotopic (exact) mass is 628 g/mol. The van der Waals surface area contributed by atoms with Gasteiger partial charge in [-0.05, 0) is 54.3 Å². The van der Waals surface area contributed by atoms with Crippen molar-refractivity contribution in [3.8, 4) is 0 Å². The van der Waals surface area contributed by atoms with Gasteiger partial charge < -0.3 is 20.4 Å². The van der Waals surface area contributed by atoms with Crippen LogP contribution in [0.15, 0.2) is 36.4 Å². The van der Waals surface area contributed by atoms with Gasteiger partial charge in [-0.2, -0.15) is 0 Å². The molecule has 2 aliphatic heterocycles. The molecule has 0 saturated carbocycles. The Labute approximate surface area is 258 Å². The number of hydrogen-bond acceptors (Lipinski definition) is 6. The van der Waals surface area contributed by atoms with Gasteiger partial charge in [0.2, 0.25) is 11.8 Å². The van der Waals surface area contributed by atoms with E-state index in [1.54, 1.807) is 29.9 Å². The van der Waals surface area contributed by atoms with Crippen molar-refractivity contribution in [3.63, 3.8) is 0 Å². The zero-order valence-electron chi connectivity index (χ0n) is 24.2. The molecule has 4 rings (SSSR count). The summed E-state index contributed by atoms with van der Waals surface area (Å²) >= 11 is 0. The number of nitrogens with one attached hydrogen (secondary N) is 2. The zero-order chi connectivity index (χ0) is 28.8. The van der Waals surface area contributed by atoms with Crippen molar-refractivity contribution in [1.29, 1.82) is 0 Å². The first kappa shape index (κ1) is 35.2. The molecule has 0 radical (unpaired) electrons. The number of aryl methyl sites for hydroxylation is 2. The van der Waals surface area contributed by atoms with E-state index in [0.29, 0.717) is 49.5 Å². The van der Waals surface area contributed by atoms with Crippen LogP contribution in [0.4, 0.5) is 20.2 Å². The quantitative estimate of drug-likeness (QED) is 0.351. The highest BCUT2D eigenvalue weighted by Gasteiger charge is 2.30. The number of fused-ring (bicyclic) bond motifs is 2. The molecular formula is C29H40Cl2F2N6O3. The van der Waals surface area contributed by atoms with Crippen LogP contribution < -0.4 is 20.4 Å². The van der Waals surface area contributed by atoms with E-state index in [2.05, 4.69) is 22.8 Å². The molecule has 2 aliphatic rings. The van der Waals surface area contributed by atoms with Gasteiger partial charge >= 0.3 is 0 Å². The number of likely N-dealkylation sites (N-methyl/N-ethyl adjacent to an activating group) is 2. The number of alkyl halides is 2. The van der Waals surface area contributed by atoms with E-state index in [1.807, 2.05) is 30.1 Å². The van der Waals surface area contributed by atoms with Crippen molar-refractivity contribution >= 4 is 53.9 Å². The van der Waals surface area contributed by atoms with E-state index in [4.69, 9.17) is 0 Å². The summed E-state index contributed by atoms with van der Waals surface area (Å²) in [6.45, 7) is 6.14. The fourth-order valence-corrected chi connectivity index (χ4v) is 5.24. The maximum atomic E-state index is 13.5. The minimum absolute atomic E-state index is 0. The highest BCUT2D eigenvalue weighted by molar-refractivity contribution is 5.97. The third-order valence-electron chi connectivity index (χ3n) is 7.40. The second-order valence-corrected chi connectivity index (χ2v) is 10.2. The highest BCUT2D eigenvalue weighted by Crippen LogP contribution is 2.35. The molecule has 42 heavy (non-hydrogen) atoms. The molecule has 0 fully saturated rings. The van der Waals surface area contributed by atoms with Gasteiger partial charge in [-0.1, -0.05) is 31.2 Å². The number of halogens is 4. The lowest BCUT2D eigenvalue weighted by molar-refractivity contribution is -0.145. The van der Waals surface area contributed by atoms with Crippen LogP contribution >= 0.6 is 24.8 Å². The van der Waals surface area contributed by atoms with Crippen LogP contribution in [-0.2, 0) is 33.9 Å². The smallest absolute Gasteiger partial charge is 0.256 e. The van der Waals surface area contributed by atoms with Crippen LogP contribution in [0.25, 0.3) is 0 Å². The molecular weight excluding hydrogens is 589 g/mol. The van der Waals surface area contributed by atoms with Crippen LogP contribution in [0.3, 0.4) is 0 Å². The molecule has 2 heterocycles.